The second kappa shape index (κ2) is 4.84. The summed E-state index contributed by atoms with van der Waals surface area (Å²) in [6.45, 7) is 0. The maximum atomic E-state index is 11.6. The Kier molecular flexibility index (Phi) is 3.03. The lowest BCUT2D eigenvalue weighted by molar-refractivity contribution is -0.121. The molecule has 1 aromatic rings. The number of carbonyl (C=O) groups excluding carboxylic acids is 2. The zero-order valence-electron chi connectivity index (χ0n) is 10.5. The molecule has 3 rings (SSSR count). The molecule has 0 radical (unpaired) electrons. The second-order valence-corrected chi connectivity index (χ2v) is 4.93. The molecule has 1 aromatic carbocycles. The summed E-state index contributed by atoms with van der Waals surface area (Å²) >= 11 is 0. The number of hydrogen-bond acceptors (Lipinski definition) is 3. The third kappa shape index (κ3) is 2.81. The third-order valence-corrected chi connectivity index (χ3v) is 3.34. The summed E-state index contributed by atoms with van der Waals surface area (Å²) in [7, 11) is 0. The molecule has 0 saturated heterocycles. The number of nitrogens with zero attached hydrogens (tertiary/aromatic N) is 1. The Bertz CT molecular complexity index is 544. The summed E-state index contributed by atoms with van der Waals surface area (Å²) < 4.78 is 0. The van der Waals surface area contributed by atoms with Crippen LogP contribution < -0.4 is 10.7 Å². The van der Waals surface area contributed by atoms with E-state index in [1.807, 2.05) is 24.3 Å². The number of amides is 2. The van der Waals surface area contributed by atoms with Crippen molar-refractivity contribution in [3.63, 3.8) is 0 Å². The Morgan fingerprint density at radius 2 is 1.95 bits per heavy atom. The first-order valence-corrected chi connectivity index (χ1v) is 6.49. The molecule has 5 nitrogen and oxygen atoms in total. The van der Waals surface area contributed by atoms with Crippen molar-refractivity contribution >= 4 is 23.2 Å². The lowest BCUT2D eigenvalue weighted by atomic mass is 10.0. The Labute approximate surface area is 111 Å². The van der Waals surface area contributed by atoms with Gasteiger partial charge < -0.3 is 5.32 Å². The SMILES string of the molecule is O=C1CCC(c2ccc(NC(=O)C3CC3)cc2)=NN1. The molecular weight excluding hydrogens is 242 g/mol. The van der Waals surface area contributed by atoms with Crippen LogP contribution in [-0.2, 0) is 9.59 Å². The summed E-state index contributed by atoms with van der Waals surface area (Å²) in [6, 6.07) is 7.57. The van der Waals surface area contributed by atoms with Crippen LogP contribution in [0.25, 0.3) is 0 Å². The first-order valence-electron chi connectivity index (χ1n) is 6.49. The molecule has 0 unspecified atom stereocenters. The van der Waals surface area contributed by atoms with Crippen molar-refractivity contribution in [3.8, 4) is 0 Å². The van der Waals surface area contributed by atoms with Gasteiger partial charge >= 0.3 is 0 Å². The number of rotatable bonds is 3. The molecule has 2 aliphatic rings. The summed E-state index contributed by atoms with van der Waals surface area (Å²) in [4.78, 5) is 22.6. The van der Waals surface area contributed by atoms with Crippen LogP contribution in [0.15, 0.2) is 29.4 Å². The van der Waals surface area contributed by atoms with Gasteiger partial charge in [-0.25, -0.2) is 5.43 Å². The Balaban J connectivity index is 1.68. The number of anilines is 1. The summed E-state index contributed by atoms with van der Waals surface area (Å²) in [5.74, 6) is 0.268. The predicted octanol–water partition coefficient (Wildman–Crippen LogP) is 1.65. The maximum Gasteiger partial charge on any atom is 0.240 e. The Hall–Kier alpha value is -2.17. The second-order valence-electron chi connectivity index (χ2n) is 4.93. The summed E-state index contributed by atoms with van der Waals surface area (Å²) in [5.41, 5.74) is 5.14. The van der Waals surface area contributed by atoms with Gasteiger partial charge in [0.05, 0.1) is 5.71 Å². The van der Waals surface area contributed by atoms with E-state index in [1.165, 1.54) is 0 Å². The molecule has 1 aliphatic heterocycles. The number of hydrazone groups is 1. The standard InChI is InChI=1S/C14H15N3O2/c18-13-8-7-12(16-17-13)9-3-5-11(6-4-9)15-14(19)10-1-2-10/h3-6,10H,1-2,7-8H2,(H,15,19)(H,17,18). The highest BCUT2D eigenvalue weighted by molar-refractivity contribution is 6.04. The monoisotopic (exact) mass is 257 g/mol. The van der Waals surface area contributed by atoms with Crippen LogP contribution in [0.4, 0.5) is 5.69 Å². The zero-order valence-corrected chi connectivity index (χ0v) is 10.5. The molecule has 0 atom stereocenters. The highest BCUT2D eigenvalue weighted by Gasteiger charge is 2.29. The van der Waals surface area contributed by atoms with Gasteiger partial charge in [-0.2, -0.15) is 5.10 Å². The van der Waals surface area contributed by atoms with Crippen LogP contribution >= 0.6 is 0 Å². The molecule has 0 spiro atoms. The van der Waals surface area contributed by atoms with Crippen molar-refractivity contribution in [1.82, 2.24) is 5.43 Å². The smallest absolute Gasteiger partial charge is 0.240 e. The first kappa shape index (κ1) is 11.9. The third-order valence-electron chi connectivity index (χ3n) is 3.34. The van der Waals surface area contributed by atoms with Crippen LogP contribution in [0, 0.1) is 5.92 Å². The van der Waals surface area contributed by atoms with E-state index >= 15 is 0 Å². The fourth-order valence-electron chi connectivity index (χ4n) is 2.02. The van der Waals surface area contributed by atoms with Crippen molar-refractivity contribution < 1.29 is 9.59 Å². The van der Waals surface area contributed by atoms with E-state index in [4.69, 9.17) is 0 Å². The quantitative estimate of drug-likeness (QED) is 0.864. The van der Waals surface area contributed by atoms with Gasteiger partial charge in [0.1, 0.15) is 0 Å². The Morgan fingerprint density at radius 3 is 2.53 bits per heavy atom. The predicted molar refractivity (Wildman–Crippen MR) is 71.7 cm³/mol. The molecule has 1 aliphatic carbocycles. The van der Waals surface area contributed by atoms with E-state index in [0.29, 0.717) is 12.8 Å². The minimum absolute atomic E-state index is 0.0444. The average molecular weight is 257 g/mol. The molecule has 2 N–H and O–H groups in total. The topological polar surface area (TPSA) is 70.6 Å². The minimum Gasteiger partial charge on any atom is -0.326 e. The minimum atomic E-state index is -0.0444. The highest BCUT2D eigenvalue weighted by atomic mass is 16.2. The van der Waals surface area contributed by atoms with Gasteiger partial charge in [-0.1, -0.05) is 12.1 Å². The molecule has 2 amide bonds. The Morgan fingerprint density at radius 1 is 1.21 bits per heavy atom. The number of nitrogens with one attached hydrogen (secondary N) is 2. The lowest BCUT2D eigenvalue weighted by Crippen LogP contribution is -2.25. The van der Waals surface area contributed by atoms with E-state index < -0.39 is 0 Å². The van der Waals surface area contributed by atoms with Crippen LogP contribution in [0.5, 0.6) is 0 Å². The molecular formula is C14H15N3O2. The van der Waals surface area contributed by atoms with Crippen LogP contribution in [0.3, 0.4) is 0 Å². The van der Waals surface area contributed by atoms with Crippen molar-refractivity contribution in [2.45, 2.75) is 25.7 Å². The van der Waals surface area contributed by atoms with Gasteiger partial charge in [0, 0.05) is 24.4 Å². The molecule has 1 saturated carbocycles. The van der Waals surface area contributed by atoms with Crippen LogP contribution in [0.1, 0.15) is 31.2 Å². The normalized spacial score (nSPS) is 18.5. The zero-order chi connectivity index (χ0) is 13.2. The molecule has 0 aromatic heterocycles. The van der Waals surface area contributed by atoms with Crippen molar-refractivity contribution in [2.24, 2.45) is 11.0 Å². The van der Waals surface area contributed by atoms with Gasteiger partial charge in [0.15, 0.2) is 0 Å². The fraction of sp³-hybridized carbons (Fsp3) is 0.357. The van der Waals surface area contributed by atoms with Gasteiger partial charge in [-0.15, -0.1) is 0 Å². The average Bonchev–Trinajstić information content (AvgIpc) is 3.25. The number of carbonyl (C=O) groups is 2. The van der Waals surface area contributed by atoms with Gasteiger partial charge in [0.25, 0.3) is 0 Å². The van der Waals surface area contributed by atoms with E-state index in [-0.39, 0.29) is 17.7 Å². The van der Waals surface area contributed by atoms with Crippen molar-refractivity contribution in [2.75, 3.05) is 5.32 Å². The molecule has 1 heterocycles. The van der Waals surface area contributed by atoms with Crippen molar-refractivity contribution in [3.05, 3.63) is 29.8 Å². The maximum absolute atomic E-state index is 11.6. The molecule has 98 valence electrons. The van der Waals surface area contributed by atoms with Gasteiger partial charge in [-0.3, -0.25) is 9.59 Å². The molecule has 19 heavy (non-hydrogen) atoms. The van der Waals surface area contributed by atoms with E-state index in [2.05, 4.69) is 15.8 Å². The molecule has 5 heteroatoms. The van der Waals surface area contributed by atoms with E-state index in [0.717, 1.165) is 29.8 Å². The first-order chi connectivity index (χ1) is 9.22. The van der Waals surface area contributed by atoms with Gasteiger partial charge in [0.2, 0.25) is 11.8 Å². The van der Waals surface area contributed by atoms with Crippen LogP contribution in [-0.4, -0.2) is 17.5 Å². The molecule has 1 fully saturated rings. The fourth-order valence-corrected chi connectivity index (χ4v) is 2.02. The largest absolute Gasteiger partial charge is 0.326 e. The van der Waals surface area contributed by atoms with E-state index in [1.54, 1.807) is 0 Å². The summed E-state index contributed by atoms with van der Waals surface area (Å²) in [6.07, 6.45) is 3.12. The number of hydrogen-bond donors (Lipinski definition) is 2. The van der Waals surface area contributed by atoms with E-state index in [9.17, 15) is 9.59 Å². The molecule has 0 bridgehead atoms. The lowest BCUT2D eigenvalue weighted by Gasteiger charge is -2.12. The summed E-state index contributed by atoms with van der Waals surface area (Å²) in [5, 5.41) is 6.93. The highest BCUT2D eigenvalue weighted by Crippen LogP contribution is 2.30. The van der Waals surface area contributed by atoms with Crippen molar-refractivity contribution in [1.29, 1.82) is 0 Å². The number of benzene rings is 1. The van der Waals surface area contributed by atoms with Gasteiger partial charge in [-0.05, 0) is 30.5 Å². The van der Waals surface area contributed by atoms with Crippen LogP contribution in [0.2, 0.25) is 0 Å².